The van der Waals surface area contributed by atoms with Crippen molar-refractivity contribution >= 4 is 33.8 Å². The van der Waals surface area contributed by atoms with Crippen LogP contribution in [0.2, 0.25) is 0 Å². The zero-order chi connectivity index (χ0) is 27.1. The van der Waals surface area contributed by atoms with Gasteiger partial charge < -0.3 is 0 Å². The summed E-state index contributed by atoms with van der Waals surface area (Å²) in [6.07, 6.45) is 6.93. The first kappa shape index (κ1) is 24.9. The van der Waals surface area contributed by atoms with Crippen LogP contribution in [0.3, 0.4) is 0 Å². The summed E-state index contributed by atoms with van der Waals surface area (Å²) in [5.74, 6) is 0. The molecule has 3 heteroatoms. The van der Waals surface area contributed by atoms with Gasteiger partial charge in [-0.05, 0) is 92.6 Å². The number of pyridine rings is 2. The van der Waals surface area contributed by atoms with Gasteiger partial charge in [0, 0.05) is 28.2 Å². The van der Waals surface area contributed by atoms with Crippen molar-refractivity contribution in [2.45, 2.75) is 86.0 Å². The van der Waals surface area contributed by atoms with Crippen LogP contribution in [-0.2, 0) is 10.8 Å². The monoisotopic (exact) mass is 502 g/mol. The van der Waals surface area contributed by atoms with Gasteiger partial charge in [-0.25, -0.2) is 0 Å². The number of aromatic nitrogens is 3. The van der Waals surface area contributed by atoms with E-state index >= 15 is 0 Å². The fraction of sp³-hybridized carbons (Fsp3) is 0.371. The molecule has 0 radical (unpaired) electrons. The summed E-state index contributed by atoms with van der Waals surface area (Å²) < 4.78 is 4.96. The lowest BCUT2D eigenvalue weighted by atomic mass is 9.73. The molecule has 1 aliphatic heterocycles. The molecule has 5 aromatic rings. The van der Waals surface area contributed by atoms with Gasteiger partial charge >= 0.3 is 5.65 Å². The van der Waals surface area contributed by atoms with Gasteiger partial charge in [0.05, 0.1) is 17.1 Å². The Bertz CT molecular complexity index is 1780. The summed E-state index contributed by atoms with van der Waals surface area (Å²) in [5.41, 5.74) is 15.0. The van der Waals surface area contributed by atoms with Gasteiger partial charge in [-0.15, -0.1) is 0 Å². The summed E-state index contributed by atoms with van der Waals surface area (Å²) in [6, 6.07) is 16.2. The molecule has 0 saturated carbocycles. The number of hydrogen-bond donors (Lipinski definition) is 0. The zero-order valence-electron chi connectivity index (χ0n) is 24.5. The first-order valence-corrected chi connectivity index (χ1v) is 14.1. The number of rotatable bonds is 3. The number of nitrogens with zero attached hydrogens (tertiary/aromatic N) is 3. The van der Waals surface area contributed by atoms with E-state index in [4.69, 9.17) is 4.98 Å². The molecule has 3 nitrogen and oxygen atoms in total. The highest BCUT2D eigenvalue weighted by atomic mass is 15.1. The number of allylic oxidation sites excluding steroid dienone is 1. The van der Waals surface area contributed by atoms with Crippen molar-refractivity contribution in [2.24, 2.45) is 0 Å². The van der Waals surface area contributed by atoms with Crippen molar-refractivity contribution in [1.29, 1.82) is 0 Å². The standard InChI is InChI=1S/C35H40N3/c1-10-35(11-2)15-16-37-27-17-23(5)24(6)18-28(27)38-29(31-21(3)13-12-14-22(31)4)20-26-32(33(37)38)25(35)19-30(36-26)34(7,8)9/h12-20H,10-11H2,1-9H3/q+1. The van der Waals surface area contributed by atoms with Crippen LogP contribution in [0.15, 0.2) is 48.5 Å². The average molecular weight is 503 g/mol. The maximum Gasteiger partial charge on any atom is 0.302 e. The molecule has 0 atom stereocenters. The second-order valence-electron chi connectivity index (χ2n) is 12.5. The molecule has 194 valence electrons. The van der Waals surface area contributed by atoms with Gasteiger partial charge in [0.1, 0.15) is 5.69 Å². The average Bonchev–Trinajstić information content (AvgIpc) is 3.08. The third kappa shape index (κ3) is 3.33. The number of imidazole rings is 1. The summed E-state index contributed by atoms with van der Waals surface area (Å²) in [4.78, 5) is 5.40. The van der Waals surface area contributed by atoms with Crippen LogP contribution in [0.4, 0.5) is 0 Å². The van der Waals surface area contributed by atoms with E-state index in [1.165, 1.54) is 61.1 Å². The molecule has 3 aromatic heterocycles. The third-order valence-corrected chi connectivity index (χ3v) is 9.16. The molecule has 2 aromatic carbocycles. The molecule has 38 heavy (non-hydrogen) atoms. The molecule has 0 N–H and O–H groups in total. The maximum atomic E-state index is 5.40. The quantitative estimate of drug-likeness (QED) is 0.226. The highest BCUT2D eigenvalue weighted by Gasteiger charge is 2.38. The number of benzene rings is 2. The third-order valence-electron chi connectivity index (χ3n) is 9.16. The van der Waals surface area contributed by atoms with Crippen molar-refractivity contribution in [3.05, 3.63) is 82.1 Å². The molecule has 4 heterocycles. The summed E-state index contributed by atoms with van der Waals surface area (Å²) in [7, 11) is 0. The largest absolute Gasteiger partial charge is 0.302 e. The second kappa shape index (κ2) is 8.27. The normalized spacial score (nSPS) is 14.8. The van der Waals surface area contributed by atoms with Gasteiger partial charge in [-0.1, -0.05) is 52.8 Å². The SMILES string of the molecule is CCC1(CC)C=C[n+]2c3cc(C)c(C)cc3n3c(-c4c(C)cccc4C)cc4nc(C(C)(C)C)cc1c4c32. The van der Waals surface area contributed by atoms with Crippen LogP contribution in [-0.4, -0.2) is 9.38 Å². The molecular weight excluding hydrogens is 462 g/mol. The Morgan fingerprint density at radius 1 is 0.868 bits per heavy atom. The second-order valence-corrected chi connectivity index (χ2v) is 12.5. The molecule has 0 saturated heterocycles. The fourth-order valence-electron chi connectivity index (χ4n) is 6.57. The molecular formula is C35H40N3+. The number of aryl methyl sites for hydroxylation is 4. The van der Waals surface area contributed by atoms with E-state index in [0.29, 0.717) is 0 Å². The lowest BCUT2D eigenvalue weighted by molar-refractivity contribution is -0.508. The fourth-order valence-corrected chi connectivity index (χ4v) is 6.57. The van der Waals surface area contributed by atoms with E-state index in [0.717, 1.165) is 24.1 Å². The van der Waals surface area contributed by atoms with Crippen LogP contribution >= 0.6 is 0 Å². The Labute approximate surface area is 226 Å². The first-order chi connectivity index (χ1) is 18.0. The Morgan fingerprint density at radius 2 is 1.53 bits per heavy atom. The minimum absolute atomic E-state index is 0.0418. The minimum Gasteiger partial charge on any atom is -0.252 e. The van der Waals surface area contributed by atoms with Gasteiger partial charge in [-0.3, -0.25) is 4.98 Å². The van der Waals surface area contributed by atoms with Crippen molar-refractivity contribution in [2.75, 3.05) is 0 Å². The first-order valence-electron chi connectivity index (χ1n) is 14.1. The highest BCUT2D eigenvalue weighted by Crippen LogP contribution is 2.44. The lowest BCUT2D eigenvalue weighted by Gasteiger charge is -2.30. The van der Waals surface area contributed by atoms with Crippen molar-refractivity contribution < 1.29 is 4.57 Å². The van der Waals surface area contributed by atoms with Crippen molar-refractivity contribution in [3.63, 3.8) is 0 Å². The Morgan fingerprint density at radius 3 is 2.16 bits per heavy atom. The van der Waals surface area contributed by atoms with Crippen molar-refractivity contribution in [1.82, 2.24) is 9.38 Å². The Kier molecular flexibility index (Phi) is 5.41. The number of fused-ring (bicyclic) bond motifs is 3. The van der Waals surface area contributed by atoms with Crippen molar-refractivity contribution in [3.8, 4) is 11.3 Å². The number of hydrogen-bond acceptors (Lipinski definition) is 1. The molecule has 0 fully saturated rings. The van der Waals surface area contributed by atoms with E-state index in [1.54, 1.807) is 0 Å². The maximum absolute atomic E-state index is 5.40. The molecule has 0 bridgehead atoms. The predicted molar refractivity (Wildman–Crippen MR) is 161 cm³/mol. The Balaban J connectivity index is 1.96. The van der Waals surface area contributed by atoms with E-state index in [1.807, 2.05) is 0 Å². The van der Waals surface area contributed by atoms with E-state index in [-0.39, 0.29) is 10.8 Å². The predicted octanol–water partition coefficient (Wildman–Crippen LogP) is 8.67. The highest BCUT2D eigenvalue weighted by molar-refractivity contribution is 6.01. The van der Waals surface area contributed by atoms with Crippen LogP contribution in [0.25, 0.3) is 45.0 Å². The van der Waals surface area contributed by atoms with Crippen LogP contribution in [0, 0.1) is 27.7 Å². The molecule has 6 rings (SSSR count). The minimum atomic E-state index is -0.0459. The molecule has 0 spiro atoms. The molecule has 0 unspecified atom stereocenters. The summed E-state index contributed by atoms with van der Waals surface area (Å²) in [5, 5.41) is 1.29. The van der Waals surface area contributed by atoms with Gasteiger partial charge in [-0.2, -0.15) is 8.97 Å². The zero-order valence-corrected chi connectivity index (χ0v) is 24.5. The van der Waals surface area contributed by atoms with E-state index < -0.39 is 0 Å². The topological polar surface area (TPSA) is 21.2 Å². The van der Waals surface area contributed by atoms with Crippen LogP contribution < -0.4 is 4.57 Å². The molecule has 1 aliphatic rings. The van der Waals surface area contributed by atoms with Gasteiger partial charge in [0.25, 0.3) is 0 Å². The summed E-state index contributed by atoms with van der Waals surface area (Å²) in [6.45, 7) is 20.4. The van der Waals surface area contributed by atoms with Gasteiger partial charge in [0.2, 0.25) is 0 Å². The van der Waals surface area contributed by atoms with Crippen LogP contribution in [0.1, 0.15) is 81.0 Å². The molecule has 0 aliphatic carbocycles. The molecule has 0 amide bonds. The Hall–Kier alpha value is -3.46. The smallest absolute Gasteiger partial charge is 0.252 e. The van der Waals surface area contributed by atoms with E-state index in [2.05, 4.69) is 126 Å². The lowest BCUT2D eigenvalue weighted by Crippen LogP contribution is -2.26. The van der Waals surface area contributed by atoms with Gasteiger partial charge in [0.15, 0.2) is 11.0 Å². The van der Waals surface area contributed by atoms with E-state index in [9.17, 15) is 0 Å². The van der Waals surface area contributed by atoms with Crippen LogP contribution in [0.5, 0.6) is 0 Å². The summed E-state index contributed by atoms with van der Waals surface area (Å²) >= 11 is 0.